The molecule has 2 aromatic heterocycles. The second-order valence-corrected chi connectivity index (χ2v) is 5.32. The molecule has 0 fully saturated rings. The van der Waals surface area contributed by atoms with Crippen LogP contribution in [0.25, 0.3) is 0 Å². The lowest BCUT2D eigenvalue weighted by molar-refractivity contribution is 0.102. The predicted octanol–water partition coefficient (Wildman–Crippen LogP) is 1.99. The molecule has 0 radical (unpaired) electrons. The molecule has 0 aliphatic heterocycles. The number of hydrogen-bond donors (Lipinski definition) is 2. The van der Waals surface area contributed by atoms with Crippen molar-refractivity contribution in [3.8, 4) is 0 Å². The van der Waals surface area contributed by atoms with E-state index in [9.17, 15) is 4.79 Å². The lowest BCUT2D eigenvalue weighted by Crippen LogP contribution is -2.17. The molecule has 0 saturated carbocycles. The van der Waals surface area contributed by atoms with Gasteiger partial charge < -0.3 is 20.1 Å². The molecule has 0 unspecified atom stereocenters. The minimum absolute atomic E-state index is 0.266. The van der Waals surface area contributed by atoms with Crippen LogP contribution >= 0.6 is 0 Å². The normalized spacial score (nSPS) is 10.7. The number of aromatic nitrogens is 2. The number of rotatable bonds is 7. The van der Waals surface area contributed by atoms with Gasteiger partial charge in [-0.2, -0.15) is 0 Å². The smallest absolute Gasteiger partial charge is 0.258 e. The Morgan fingerprint density at radius 2 is 2.14 bits per heavy atom. The summed E-state index contributed by atoms with van der Waals surface area (Å²) in [5.74, 6) is 0.773. The van der Waals surface area contributed by atoms with Crippen LogP contribution in [-0.2, 0) is 0 Å². The third kappa shape index (κ3) is 4.85. The third-order valence-corrected chi connectivity index (χ3v) is 2.98. The van der Waals surface area contributed by atoms with Gasteiger partial charge in [0, 0.05) is 25.0 Å². The Bertz CT molecular complexity index is 624. The number of carbonyl (C=O) groups is 1. The zero-order chi connectivity index (χ0) is 15.9. The van der Waals surface area contributed by atoms with Crippen molar-refractivity contribution in [3.05, 3.63) is 35.9 Å². The van der Waals surface area contributed by atoms with E-state index < -0.39 is 0 Å². The van der Waals surface area contributed by atoms with Crippen molar-refractivity contribution in [2.45, 2.75) is 13.3 Å². The van der Waals surface area contributed by atoms with E-state index in [0.29, 0.717) is 17.1 Å². The lowest BCUT2D eigenvalue weighted by atomic mass is 10.2. The summed E-state index contributed by atoms with van der Waals surface area (Å²) >= 11 is 0. The van der Waals surface area contributed by atoms with Crippen molar-refractivity contribution in [3.63, 3.8) is 0 Å². The van der Waals surface area contributed by atoms with Crippen LogP contribution in [0, 0.1) is 6.92 Å². The summed E-state index contributed by atoms with van der Waals surface area (Å²) < 4.78 is 4.91. The Balaban J connectivity index is 1.91. The Kier molecular flexibility index (Phi) is 5.48. The molecule has 2 rings (SSSR count). The van der Waals surface area contributed by atoms with E-state index in [1.54, 1.807) is 25.3 Å². The molecule has 0 aliphatic rings. The molecular formula is C15H21N5O2. The molecule has 0 aromatic carbocycles. The molecule has 1 amide bonds. The lowest BCUT2D eigenvalue weighted by Gasteiger charge is -2.11. The average molecular weight is 303 g/mol. The maximum absolute atomic E-state index is 12.1. The van der Waals surface area contributed by atoms with Gasteiger partial charge in [-0.1, -0.05) is 5.16 Å². The number of nitrogens with zero attached hydrogens (tertiary/aromatic N) is 3. The highest BCUT2D eigenvalue weighted by Crippen LogP contribution is 2.12. The molecule has 2 heterocycles. The van der Waals surface area contributed by atoms with Gasteiger partial charge in [-0.25, -0.2) is 0 Å². The monoisotopic (exact) mass is 303 g/mol. The Morgan fingerprint density at radius 3 is 2.82 bits per heavy atom. The van der Waals surface area contributed by atoms with E-state index in [4.69, 9.17) is 4.52 Å². The number of anilines is 2. The molecule has 118 valence electrons. The van der Waals surface area contributed by atoms with Crippen molar-refractivity contribution in [2.24, 2.45) is 0 Å². The number of nitrogens with one attached hydrogen (secondary N) is 2. The van der Waals surface area contributed by atoms with E-state index in [1.165, 1.54) is 6.20 Å². The van der Waals surface area contributed by atoms with Crippen LogP contribution in [0.2, 0.25) is 0 Å². The largest absolute Gasteiger partial charge is 0.384 e. The van der Waals surface area contributed by atoms with Gasteiger partial charge in [-0.15, -0.1) is 0 Å². The fraction of sp³-hybridized carbons (Fsp3) is 0.400. The summed E-state index contributed by atoms with van der Waals surface area (Å²) in [6.45, 7) is 3.60. The average Bonchev–Trinajstić information content (AvgIpc) is 2.89. The van der Waals surface area contributed by atoms with Crippen molar-refractivity contribution in [1.29, 1.82) is 0 Å². The van der Waals surface area contributed by atoms with Crippen LogP contribution in [-0.4, -0.2) is 48.1 Å². The summed E-state index contributed by atoms with van der Waals surface area (Å²) in [4.78, 5) is 18.3. The zero-order valence-corrected chi connectivity index (χ0v) is 13.1. The van der Waals surface area contributed by atoms with E-state index in [0.717, 1.165) is 25.2 Å². The molecule has 0 aliphatic carbocycles. The predicted molar refractivity (Wildman–Crippen MR) is 85.1 cm³/mol. The maximum atomic E-state index is 12.1. The summed E-state index contributed by atoms with van der Waals surface area (Å²) in [6.07, 6.45) is 4.24. The highest BCUT2D eigenvalue weighted by molar-refractivity contribution is 6.04. The van der Waals surface area contributed by atoms with Crippen LogP contribution in [0.3, 0.4) is 0 Å². The Labute approximate surface area is 129 Å². The highest BCUT2D eigenvalue weighted by atomic mass is 16.5. The van der Waals surface area contributed by atoms with Crippen molar-refractivity contribution in [2.75, 3.05) is 37.8 Å². The molecular weight excluding hydrogens is 282 g/mol. The quantitative estimate of drug-likeness (QED) is 0.761. The number of aryl methyl sites for hydroxylation is 1. The minimum atomic E-state index is -0.266. The van der Waals surface area contributed by atoms with Gasteiger partial charge in [0.2, 0.25) is 0 Å². The van der Waals surface area contributed by atoms with Crippen molar-refractivity contribution < 1.29 is 9.32 Å². The topological polar surface area (TPSA) is 83.3 Å². The van der Waals surface area contributed by atoms with Crippen LogP contribution in [0.15, 0.2) is 29.0 Å². The zero-order valence-electron chi connectivity index (χ0n) is 13.1. The molecule has 22 heavy (non-hydrogen) atoms. The van der Waals surface area contributed by atoms with E-state index in [-0.39, 0.29) is 5.91 Å². The molecule has 2 N–H and O–H groups in total. The second-order valence-electron chi connectivity index (χ2n) is 5.32. The third-order valence-electron chi connectivity index (χ3n) is 2.98. The van der Waals surface area contributed by atoms with Gasteiger partial charge in [0.25, 0.3) is 5.91 Å². The fourth-order valence-corrected chi connectivity index (χ4v) is 1.90. The maximum Gasteiger partial charge on any atom is 0.258 e. The van der Waals surface area contributed by atoms with Crippen LogP contribution in [0.5, 0.6) is 0 Å². The molecule has 2 aromatic rings. The summed E-state index contributed by atoms with van der Waals surface area (Å²) in [6, 6.07) is 3.43. The first-order valence-corrected chi connectivity index (χ1v) is 7.13. The first-order chi connectivity index (χ1) is 10.5. The Morgan fingerprint density at radius 1 is 1.32 bits per heavy atom. The van der Waals surface area contributed by atoms with Gasteiger partial charge in [-0.05, 0) is 40.1 Å². The second kappa shape index (κ2) is 7.56. The summed E-state index contributed by atoms with van der Waals surface area (Å²) in [5, 5.41) is 9.66. The van der Waals surface area contributed by atoms with E-state index in [2.05, 4.69) is 25.7 Å². The van der Waals surface area contributed by atoms with Crippen LogP contribution in [0.1, 0.15) is 22.5 Å². The number of pyridine rings is 1. The van der Waals surface area contributed by atoms with Crippen LogP contribution < -0.4 is 10.6 Å². The molecule has 7 nitrogen and oxygen atoms in total. The fourth-order valence-electron chi connectivity index (χ4n) is 1.90. The number of amides is 1. The van der Waals surface area contributed by atoms with Crippen molar-refractivity contribution in [1.82, 2.24) is 15.0 Å². The standard InChI is InChI=1S/C15H21N5O2/c1-11-7-14(19-22-11)18-15(21)12-8-13(10-16-9-12)17-5-4-6-20(2)3/h7-10,17H,4-6H2,1-3H3,(H,18,19,21). The molecule has 0 spiro atoms. The van der Waals surface area contributed by atoms with Gasteiger partial charge in [-0.3, -0.25) is 9.78 Å². The van der Waals surface area contributed by atoms with Crippen molar-refractivity contribution >= 4 is 17.4 Å². The summed E-state index contributed by atoms with van der Waals surface area (Å²) in [5.41, 5.74) is 1.29. The Hall–Kier alpha value is -2.41. The molecule has 0 bridgehead atoms. The molecule has 0 atom stereocenters. The van der Waals surface area contributed by atoms with Gasteiger partial charge >= 0.3 is 0 Å². The first kappa shape index (κ1) is 16.0. The summed E-state index contributed by atoms with van der Waals surface area (Å²) in [7, 11) is 4.08. The highest BCUT2D eigenvalue weighted by Gasteiger charge is 2.10. The number of hydrogen-bond acceptors (Lipinski definition) is 6. The van der Waals surface area contributed by atoms with Crippen LogP contribution in [0.4, 0.5) is 11.5 Å². The van der Waals surface area contributed by atoms with Gasteiger partial charge in [0.15, 0.2) is 5.82 Å². The molecule has 7 heteroatoms. The minimum Gasteiger partial charge on any atom is -0.384 e. The number of carbonyl (C=O) groups excluding carboxylic acids is 1. The van der Waals surface area contributed by atoms with Gasteiger partial charge in [0.1, 0.15) is 5.76 Å². The van der Waals surface area contributed by atoms with E-state index in [1.807, 2.05) is 14.1 Å². The van der Waals surface area contributed by atoms with E-state index >= 15 is 0 Å². The first-order valence-electron chi connectivity index (χ1n) is 7.13. The van der Waals surface area contributed by atoms with Gasteiger partial charge in [0.05, 0.1) is 11.3 Å². The SMILES string of the molecule is Cc1cc(NC(=O)c2cncc(NCCCN(C)C)c2)no1. The molecule has 0 saturated heterocycles.